The molecule has 0 aromatic heterocycles. The third kappa shape index (κ3) is 5.00. The summed E-state index contributed by atoms with van der Waals surface area (Å²) in [5.74, 6) is -1.00. The quantitative estimate of drug-likeness (QED) is 0.671. The molecule has 1 saturated heterocycles. The molecule has 4 nitrogen and oxygen atoms in total. The Morgan fingerprint density at radius 3 is 1.97 bits per heavy atom. The Labute approximate surface area is 181 Å². The molecule has 1 N–H and O–H groups in total. The Kier molecular flexibility index (Phi) is 6.41. The van der Waals surface area contributed by atoms with Gasteiger partial charge < -0.3 is 10.2 Å². The zero-order chi connectivity index (χ0) is 21.6. The third-order valence-electron chi connectivity index (χ3n) is 5.73. The third-order valence-corrected chi connectivity index (χ3v) is 5.73. The van der Waals surface area contributed by atoms with E-state index >= 15 is 0 Å². The van der Waals surface area contributed by atoms with Crippen LogP contribution in [-0.4, -0.2) is 35.8 Å². The van der Waals surface area contributed by atoms with Gasteiger partial charge in [0.05, 0.1) is 5.92 Å². The van der Waals surface area contributed by atoms with Crippen molar-refractivity contribution in [1.29, 1.82) is 0 Å². The molecule has 0 aliphatic carbocycles. The minimum atomic E-state index is -0.416. The van der Waals surface area contributed by atoms with Crippen LogP contribution in [0, 0.1) is 5.82 Å². The van der Waals surface area contributed by atoms with Crippen LogP contribution < -0.4 is 5.32 Å². The normalized spacial score (nSPS) is 14.5. The lowest BCUT2D eigenvalue weighted by atomic mass is 9.90. The highest BCUT2D eigenvalue weighted by atomic mass is 19.1. The largest absolute Gasteiger partial charge is 0.352 e. The summed E-state index contributed by atoms with van der Waals surface area (Å²) in [7, 11) is 0. The van der Waals surface area contributed by atoms with Crippen molar-refractivity contribution < 1.29 is 14.0 Å². The van der Waals surface area contributed by atoms with Gasteiger partial charge in [-0.05, 0) is 42.2 Å². The van der Waals surface area contributed by atoms with Crippen LogP contribution in [0.3, 0.4) is 0 Å². The summed E-state index contributed by atoms with van der Waals surface area (Å²) in [5, 5.41) is 3.19. The number of benzene rings is 3. The van der Waals surface area contributed by atoms with Crippen LogP contribution in [0.1, 0.15) is 40.2 Å². The lowest BCUT2D eigenvalue weighted by Crippen LogP contribution is -2.47. The average Bonchev–Trinajstić information content (AvgIpc) is 2.81. The smallest absolute Gasteiger partial charge is 0.253 e. The van der Waals surface area contributed by atoms with Crippen LogP contribution in [0.25, 0.3) is 0 Å². The van der Waals surface area contributed by atoms with E-state index in [1.54, 1.807) is 17.0 Å². The number of nitrogens with one attached hydrogen (secondary N) is 1. The molecule has 2 amide bonds. The topological polar surface area (TPSA) is 49.4 Å². The van der Waals surface area contributed by atoms with E-state index in [1.807, 2.05) is 60.7 Å². The van der Waals surface area contributed by atoms with Crippen molar-refractivity contribution in [2.75, 3.05) is 13.1 Å². The lowest BCUT2D eigenvalue weighted by Gasteiger charge is -2.33. The van der Waals surface area contributed by atoms with Crippen LogP contribution >= 0.6 is 0 Å². The van der Waals surface area contributed by atoms with Crippen molar-refractivity contribution in [3.05, 3.63) is 107 Å². The van der Waals surface area contributed by atoms with Gasteiger partial charge in [0.1, 0.15) is 5.82 Å². The predicted octanol–water partition coefficient (Wildman–Crippen LogP) is 4.38. The van der Waals surface area contributed by atoms with Crippen LogP contribution in [0.15, 0.2) is 84.9 Å². The first kappa shape index (κ1) is 20.8. The van der Waals surface area contributed by atoms with Gasteiger partial charge in [-0.1, -0.05) is 66.7 Å². The second kappa shape index (κ2) is 9.56. The first-order valence-electron chi connectivity index (χ1n) is 10.6. The number of halogens is 1. The monoisotopic (exact) mass is 416 g/mol. The molecule has 1 heterocycles. The molecule has 0 atom stereocenters. The van der Waals surface area contributed by atoms with Gasteiger partial charge in [-0.2, -0.15) is 0 Å². The highest BCUT2D eigenvalue weighted by Crippen LogP contribution is 2.25. The van der Waals surface area contributed by atoms with Gasteiger partial charge in [0.15, 0.2) is 0 Å². The molecule has 0 radical (unpaired) electrons. The Balaban J connectivity index is 1.41. The molecule has 3 aromatic carbocycles. The van der Waals surface area contributed by atoms with Gasteiger partial charge >= 0.3 is 0 Å². The van der Waals surface area contributed by atoms with E-state index in [0.717, 1.165) is 11.1 Å². The average molecular weight is 416 g/mol. The number of nitrogens with zero attached hydrogens (tertiary/aromatic N) is 1. The number of amides is 2. The molecule has 1 aliphatic heterocycles. The van der Waals surface area contributed by atoms with E-state index in [0.29, 0.717) is 31.5 Å². The van der Waals surface area contributed by atoms with Gasteiger partial charge in [-0.15, -0.1) is 0 Å². The van der Waals surface area contributed by atoms with Crippen LogP contribution in [0.4, 0.5) is 4.39 Å². The second-order valence-electron chi connectivity index (χ2n) is 7.84. The maximum atomic E-state index is 13.4. The standard InChI is InChI=1S/C26H25FN2O2/c27-22-13-7-12-21(18-22)26(31)29-16-14-23(15-17-29)28-25(30)24(19-8-3-1-4-9-19)20-10-5-2-6-11-20/h1-13,18,23-24H,14-17H2,(H,28,30). The van der Waals surface area contributed by atoms with Crippen molar-refractivity contribution >= 4 is 11.8 Å². The fraction of sp³-hybridized carbons (Fsp3) is 0.231. The molecule has 0 bridgehead atoms. The summed E-state index contributed by atoms with van der Waals surface area (Å²) in [6.07, 6.45) is 1.34. The molecular weight excluding hydrogens is 391 g/mol. The lowest BCUT2D eigenvalue weighted by molar-refractivity contribution is -0.122. The molecule has 0 spiro atoms. The fourth-order valence-corrected chi connectivity index (χ4v) is 4.10. The van der Waals surface area contributed by atoms with E-state index < -0.39 is 5.82 Å². The molecule has 4 rings (SSSR count). The van der Waals surface area contributed by atoms with Crippen molar-refractivity contribution in [2.45, 2.75) is 24.8 Å². The van der Waals surface area contributed by atoms with Gasteiger partial charge in [0.25, 0.3) is 5.91 Å². The van der Waals surface area contributed by atoms with E-state index in [4.69, 9.17) is 0 Å². The van der Waals surface area contributed by atoms with Gasteiger partial charge in [-0.3, -0.25) is 9.59 Å². The van der Waals surface area contributed by atoms with E-state index in [9.17, 15) is 14.0 Å². The second-order valence-corrected chi connectivity index (χ2v) is 7.84. The summed E-state index contributed by atoms with van der Waals surface area (Å²) in [5.41, 5.74) is 2.26. The van der Waals surface area contributed by atoms with Crippen molar-refractivity contribution in [2.24, 2.45) is 0 Å². The molecule has 3 aromatic rings. The van der Waals surface area contributed by atoms with Crippen molar-refractivity contribution in [1.82, 2.24) is 10.2 Å². The van der Waals surface area contributed by atoms with Crippen molar-refractivity contribution in [3.8, 4) is 0 Å². The molecule has 0 saturated carbocycles. The molecule has 5 heteroatoms. The number of hydrogen-bond acceptors (Lipinski definition) is 2. The van der Waals surface area contributed by atoms with E-state index in [-0.39, 0.29) is 23.8 Å². The summed E-state index contributed by atoms with van der Waals surface area (Å²) in [6, 6.07) is 25.3. The molecule has 31 heavy (non-hydrogen) atoms. The minimum Gasteiger partial charge on any atom is -0.352 e. The Morgan fingerprint density at radius 1 is 0.839 bits per heavy atom. The highest BCUT2D eigenvalue weighted by molar-refractivity contribution is 5.94. The maximum absolute atomic E-state index is 13.4. The minimum absolute atomic E-state index is 0.000941. The van der Waals surface area contributed by atoms with Gasteiger partial charge in [0.2, 0.25) is 5.91 Å². The molecule has 1 fully saturated rings. The first-order chi connectivity index (χ1) is 15.1. The predicted molar refractivity (Wildman–Crippen MR) is 118 cm³/mol. The van der Waals surface area contributed by atoms with Gasteiger partial charge in [-0.25, -0.2) is 4.39 Å². The number of hydrogen-bond donors (Lipinski definition) is 1. The summed E-state index contributed by atoms with van der Waals surface area (Å²) in [6.45, 7) is 1.06. The zero-order valence-corrected chi connectivity index (χ0v) is 17.2. The van der Waals surface area contributed by atoms with Crippen LogP contribution in [-0.2, 0) is 4.79 Å². The highest BCUT2D eigenvalue weighted by Gasteiger charge is 2.28. The number of rotatable bonds is 5. The molecule has 1 aliphatic rings. The van der Waals surface area contributed by atoms with Crippen LogP contribution in [0.2, 0.25) is 0 Å². The summed E-state index contributed by atoms with van der Waals surface area (Å²) in [4.78, 5) is 27.6. The number of carbonyl (C=O) groups excluding carboxylic acids is 2. The Bertz CT molecular complexity index is 992. The summed E-state index contributed by atoms with van der Waals surface area (Å²) < 4.78 is 13.4. The van der Waals surface area contributed by atoms with Crippen molar-refractivity contribution in [3.63, 3.8) is 0 Å². The van der Waals surface area contributed by atoms with E-state index in [1.165, 1.54) is 12.1 Å². The SMILES string of the molecule is O=C(NC1CCN(C(=O)c2cccc(F)c2)CC1)C(c1ccccc1)c1ccccc1. The zero-order valence-electron chi connectivity index (χ0n) is 17.2. The Morgan fingerprint density at radius 2 is 1.42 bits per heavy atom. The number of piperidine rings is 1. The number of likely N-dealkylation sites (tertiary alicyclic amines) is 1. The first-order valence-corrected chi connectivity index (χ1v) is 10.6. The van der Waals surface area contributed by atoms with Gasteiger partial charge in [0, 0.05) is 24.7 Å². The van der Waals surface area contributed by atoms with Crippen LogP contribution in [0.5, 0.6) is 0 Å². The maximum Gasteiger partial charge on any atom is 0.253 e. The molecular formula is C26H25FN2O2. The molecule has 158 valence electrons. The van der Waals surface area contributed by atoms with E-state index in [2.05, 4.69) is 5.32 Å². The fourth-order valence-electron chi connectivity index (χ4n) is 4.10. The summed E-state index contributed by atoms with van der Waals surface area (Å²) >= 11 is 0. The molecule has 0 unspecified atom stereocenters. The number of carbonyl (C=O) groups is 2. The Hall–Kier alpha value is -3.47.